The van der Waals surface area contributed by atoms with E-state index in [0.29, 0.717) is 23.3 Å². The lowest BCUT2D eigenvalue weighted by Crippen LogP contribution is -2.18. The maximum absolute atomic E-state index is 12.4. The zero-order chi connectivity index (χ0) is 21.8. The fourth-order valence-electron chi connectivity index (χ4n) is 3.07. The lowest BCUT2D eigenvalue weighted by Gasteiger charge is -2.21. The Balaban J connectivity index is 1.34. The predicted molar refractivity (Wildman–Crippen MR) is 120 cm³/mol. The number of hydrogen-bond donors (Lipinski definition) is 1. The number of hydrogen-bond acceptors (Lipinski definition) is 7. The third kappa shape index (κ3) is 4.86. The summed E-state index contributed by atoms with van der Waals surface area (Å²) in [4.78, 5) is 12.4. The molecule has 8 heteroatoms. The molecule has 0 unspecified atom stereocenters. The standard InChI is InChI=1S/C23H23N5O2S/c1-15-9-11-16(12-10-15)20-26-25-19(30-20)14-13-18(29)24-22-28-27-21(31-22)23(2,3)17-7-5-4-6-8-17/h4-12H,13-14H2,1-3H3,(H,24,28,29). The summed E-state index contributed by atoms with van der Waals surface area (Å²) < 4.78 is 5.68. The topological polar surface area (TPSA) is 93.8 Å². The number of aromatic nitrogens is 4. The van der Waals surface area contributed by atoms with Crippen molar-refractivity contribution >= 4 is 22.4 Å². The van der Waals surface area contributed by atoms with E-state index >= 15 is 0 Å². The zero-order valence-corrected chi connectivity index (χ0v) is 18.4. The number of nitrogens with zero attached hydrogens (tertiary/aromatic N) is 4. The van der Waals surface area contributed by atoms with Crippen LogP contribution >= 0.6 is 11.3 Å². The maximum Gasteiger partial charge on any atom is 0.247 e. The van der Waals surface area contributed by atoms with Gasteiger partial charge >= 0.3 is 0 Å². The van der Waals surface area contributed by atoms with Crippen molar-refractivity contribution in [3.8, 4) is 11.5 Å². The van der Waals surface area contributed by atoms with Crippen LogP contribution in [0.5, 0.6) is 0 Å². The van der Waals surface area contributed by atoms with E-state index in [-0.39, 0.29) is 17.7 Å². The number of anilines is 1. The fourth-order valence-corrected chi connectivity index (χ4v) is 3.96. The fraction of sp³-hybridized carbons (Fsp3) is 0.261. The minimum absolute atomic E-state index is 0.171. The molecule has 0 radical (unpaired) electrons. The largest absolute Gasteiger partial charge is 0.421 e. The molecule has 7 nitrogen and oxygen atoms in total. The first-order chi connectivity index (χ1) is 14.9. The molecule has 158 valence electrons. The molecule has 4 aromatic rings. The Kier molecular flexibility index (Phi) is 5.90. The second-order valence-electron chi connectivity index (χ2n) is 7.82. The Bertz CT molecular complexity index is 1170. The molecular formula is C23H23N5O2S. The molecule has 2 aromatic heterocycles. The first-order valence-corrected chi connectivity index (χ1v) is 10.8. The molecule has 2 heterocycles. The van der Waals surface area contributed by atoms with E-state index in [1.807, 2.05) is 49.4 Å². The van der Waals surface area contributed by atoms with Crippen molar-refractivity contribution in [3.05, 3.63) is 76.6 Å². The number of carbonyl (C=O) groups is 1. The van der Waals surface area contributed by atoms with Gasteiger partial charge in [0.1, 0.15) is 5.01 Å². The second kappa shape index (κ2) is 8.77. The van der Waals surface area contributed by atoms with E-state index in [4.69, 9.17) is 4.42 Å². The minimum atomic E-state index is -0.294. The summed E-state index contributed by atoms with van der Waals surface area (Å²) in [6.07, 6.45) is 0.568. The van der Waals surface area contributed by atoms with Crippen LogP contribution in [-0.2, 0) is 16.6 Å². The van der Waals surface area contributed by atoms with Crippen molar-refractivity contribution in [1.29, 1.82) is 0 Å². The van der Waals surface area contributed by atoms with Gasteiger partial charge in [-0.15, -0.1) is 20.4 Å². The van der Waals surface area contributed by atoms with Crippen molar-refractivity contribution in [2.24, 2.45) is 0 Å². The summed E-state index contributed by atoms with van der Waals surface area (Å²) in [5.74, 6) is 0.705. The smallest absolute Gasteiger partial charge is 0.247 e. The van der Waals surface area contributed by atoms with Crippen molar-refractivity contribution in [2.45, 2.75) is 39.0 Å². The third-order valence-corrected chi connectivity index (χ3v) is 6.20. The Labute approximate surface area is 184 Å². The quantitative estimate of drug-likeness (QED) is 0.450. The highest BCUT2D eigenvalue weighted by atomic mass is 32.1. The summed E-state index contributed by atoms with van der Waals surface area (Å²) in [5.41, 5.74) is 2.87. The van der Waals surface area contributed by atoms with Crippen LogP contribution in [0.4, 0.5) is 5.13 Å². The molecule has 0 atom stereocenters. The first-order valence-electron chi connectivity index (χ1n) is 10.0. The van der Waals surface area contributed by atoms with E-state index in [9.17, 15) is 4.79 Å². The molecule has 0 aliphatic rings. The lowest BCUT2D eigenvalue weighted by molar-refractivity contribution is -0.116. The third-order valence-electron chi connectivity index (χ3n) is 5.03. The molecule has 0 saturated heterocycles. The second-order valence-corrected chi connectivity index (χ2v) is 8.80. The highest BCUT2D eigenvalue weighted by Crippen LogP contribution is 2.34. The monoisotopic (exact) mass is 433 g/mol. The molecule has 0 spiro atoms. The first kappa shape index (κ1) is 20.9. The average Bonchev–Trinajstić information content (AvgIpc) is 3.44. The van der Waals surface area contributed by atoms with Gasteiger partial charge in [-0.2, -0.15) is 0 Å². The van der Waals surface area contributed by atoms with E-state index in [1.165, 1.54) is 11.3 Å². The summed E-state index contributed by atoms with van der Waals surface area (Å²) in [6.45, 7) is 6.20. The molecular weight excluding hydrogens is 410 g/mol. The van der Waals surface area contributed by atoms with Gasteiger partial charge in [-0.05, 0) is 38.5 Å². The van der Waals surface area contributed by atoms with E-state index in [0.717, 1.165) is 21.7 Å². The Hall–Kier alpha value is -3.39. The van der Waals surface area contributed by atoms with Crippen molar-refractivity contribution in [2.75, 3.05) is 5.32 Å². The lowest BCUT2D eigenvalue weighted by atomic mass is 9.85. The number of amides is 1. The molecule has 0 fully saturated rings. The highest BCUT2D eigenvalue weighted by Gasteiger charge is 2.27. The summed E-state index contributed by atoms with van der Waals surface area (Å²) in [5, 5.41) is 20.7. The SMILES string of the molecule is Cc1ccc(-c2nnc(CCC(=O)Nc3nnc(C(C)(C)c4ccccc4)s3)o2)cc1. The molecule has 0 saturated carbocycles. The minimum Gasteiger partial charge on any atom is -0.421 e. The van der Waals surface area contributed by atoms with Gasteiger partial charge in [-0.3, -0.25) is 4.79 Å². The molecule has 0 aliphatic carbocycles. The van der Waals surface area contributed by atoms with E-state index in [1.54, 1.807) is 0 Å². The Morgan fingerprint density at radius 3 is 2.48 bits per heavy atom. The van der Waals surface area contributed by atoms with Crippen LogP contribution < -0.4 is 5.32 Å². The van der Waals surface area contributed by atoms with Gasteiger partial charge in [-0.1, -0.05) is 59.4 Å². The molecule has 1 amide bonds. The number of carbonyl (C=O) groups excluding carboxylic acids is 1. The number of aryl methyl sites for hydroxylation is 2. The predicted octanol–water partition coefficient (Wildman–Crippen LogP) is 4.79. The highest BCUT2D eigenvalue weighted by molar-refractivity contribution is 7.15. The molecule has 2 aromatic carbocycles. The number of benzene rings is 2. The van der Waals surface area contributed by atoms with Crippen LogP contribution in [0.25, 0.3) is 11.5 Å². The molecule has 4 rings (SSSR count). The van der Waals surface area contributed by atoms with Gasteiger partial charge in [0, 0.05) is 23.8 Å². The van der Waals surface area contributed by atoms with Crippen LogP contribution in [0.3, 0.4) is 0 Å². The van der Waals surface area contributed by atoms with Crippen LogP contribution in [-0.4, -0.2) is 26.3 Å². The van der Waals surface area contributed by atoms with E-state index in [2.05, 4.69) is 51.7 Å². The Morgan fingerprint density at radius 2 is 1.74 bits per heavy atom. The van der Waals surface area contributed by atoms with Gasteiger partial charge < -0.3 is 9.73 Å². The zero-order valence-electron chi connectivity index (χ0n) is 17.6. The number of nitrogens with one attached hydrogen (secondary N) is 1. The summed E-state index contributed by atoms with van der Waals surface area (Å²) >= 11 is 1.38. The van der Waals surface area contributed by atoms with Crippen molar-refractivity contribution in [3.63, 3.8) is 0 Å². The molecule has 1 N–H and O–H groups in total. The van der Waals surface area contributed by atoms with Gasteiger partial charge in [0.05, 0.1) is 0 Å². The average molecular weight is 434 g/mol. The van der Waals surface area contributed by atoms with Gasteiger partial charge in [-0.25, -0.2) is 0 Å². The molecule has 0 bridgehead atoms. The van der Waals surface area contributed by atoms with Crippen molar-refractivity contribution in [1.82, 2.24) is 20.4 Å². The van der Waals surface area contributed by atoms with Crippen molar-refractivity contribution < 1.29 is 9.21 Å². The van der Waals surface area contributed by atoms with E-state index < -0.39 is 0 Å². The summed E-state index contributed by atoms with van der Waals surface area (Å²) in [6, 6.07) is 18.0. The molecule has 31 heavy (non-hydrogen) atoms. The Morgan fingerprint density at radius 1 is 1.00 bits per heavy atom. The van der Waals surface area contributed by atoms with Gasteiger partial charge in [0.25, 0.3) is 0 Å². The van der Waals surface area contributed by atoms with Crippen LogP contribution in [0, 0.1) is 6.92 Å². The summed E-state index contributed by atoms with van der Waals surface area (Å²) in [7, 11) is 0. The van der Waals surface area contributed by atoms with Crippen LogP contribution in [0.2, 0.25) is 0 Å². The van der Waals surface area contributed by atoms with Crippen LogP contribution in [0.1, 0.15) is 42.3 Å². The van der Waals surface area contributed by atoms with Crippen LogP contribution in [0.15, 0.2) is 59.0 Å². The number of rotatable bonds is 7. The normalized spacial score (nSPS) is 11.5. The van der Waals surface area contributed by atoms with Gasteiger partial charge in [0.2, 0.25) is 22.8 Å². The maximum atomic E-state index is 12.4. The van der Waals surface area contributed by atoms with Gasteiger partial charge in [0.15, 0.2) is 0 Å². The molecule has 0 aliphatic heterocycles.